The average Bonchev–Trinajstić information content (AvgIpc) is 2.28. The van der Waals surface area contributed by atoms with Crippen LogP contribution in [0, 0.1) is 5.92 Å². The molecule has 16 heavy (non-hydrogen) atoms. The number of amides is 1. The minimum Gasteiger partial charge on any atom is -0.459 e. The van der Waals surface area contributed by atoms with Crippen LogP contribution >= 0.6 is 0 Å². The highest BCUT2D eigenvalue weighted by atomic mass is 16.5. The summed E-state index contributed by atoms with van der Waals surface area (Å²) < 4.78 is 4.71. The van der Waals surface area contributed by atoms with Crippen LogP contribution in [0.2, 0.25) is 0 Å². The van der Waals surface area contributed by atoms with E-state index in [1.54, 1.807) is 18.9 Å². The number of rotatable bonds is 2. The van der Waals surface area contributed by atoms with Gasteiger partial charge in [-0.2, -0.15) is 0 Å². The van der Waals surface area contributed by atoms with Gasteiger partial charge >= 0.3 is 11.9 Å². The molecule has 0 bridgehead atoms. The van der Waals surface area contributed by atoms with Crippen molar-refractivity contribution in [2.24, 2.45) is 5.92 Å². The minimum absolute atomic E-state index is 0.202. The second-order valence-corrected chi connectivity index (χ2v) is 4.55. The molecule has 0 aromatic carbocycles. The first-order chi connectivity index (χ1) is 7.56. The van der Waals surface area contributed by atoms with Crippen molar-refractivity contribution in [1.29, 1.82) is 0 Å². The third-order valence-corrected chi connectivity index (χ3v) is 3.30. The first kappa shape index (κ1) is 13.0. The van der Waals surface area contributed by atoms with Gasteiger partial charge in [0.1, 0.15) is 0 Å². The fraction of sp³-hybridized carbons (Fsp3) is 0.833. The van der Waals surface area contributed by atoms with Gasteiger partial charge in [0.2, 0.25) is 0 Å². The van der Waals surface area contributed by atoms with Crippen molar-refractivity contribution in [3.63, 3.8) is 0 Å². The Bertz CT molecular complexity index is 257. The number of hydrogen-bond acceptors (Lipinski definition) is 3. The van der Waals surface area contributed by atoms with Gasteiger partial charge in [-0.05, 0) is 38.5 Å². The van der Waals surface area contributed by atoms with E-state index >= 15 is 0 Å². The lowest BCUT2D eigenvalue weighted by atomic mass is 9.87. The lowest BCUT2D eigenvalue weighted by Gasteiger charge is -2.32. The standard InChI is InChI=1S/C12H21NO3/c1-4-16-12(15)11(14)13(3)10-7-5-9(2)6-8-10/h9-10H,4-8H2,1-3H3. The van der Waals surface area contributed by atoms with Crippen molar-refractivity contribution in [2.75, 3.05) is 13.7 Å². The predicted molar refractivity (Wildman–Crippen MR) is 60.8 cm³/mol. The summed E-state index contributed by atoms with van der Waals surface area (Å²) in [4.78, 5) is 24.5. The Labute approximate surface area is 96.9 Å². The largest absolute Gasteiger partial charge is 0.459 e. The highest BCUT2D eigenvalue weighted by Gasteiger charge is 2.28. The number of ether oxygens (including phenoxy) is 1. The van der Waals surface area contributed by atoms with Gasteiger partial charge in [0.15, 0.2) is 0 Å². The summed E-state index contributed by atoms with van der Waals surface area (Å²) in [6.45, 7) is 4.18. The molecule has 1 rings (SSSR count). The molecule has 0 aromatic heterocycles. The van der Waals surface area contributed by atoms with E-state index in [-0.39, 0.29) is 12.6 Å². The molecule has 0 heterocycles. The Morgan fingerprint density at radius 3 is 2.31 bits per heavy atom. The summed E-state index contributed by atoms with van der Waals surface area (Å²) >= 11 is 0. The van der Waals surface area contributed by atoms with Crippen LogP contribution in [-0.4, -0.2) is 36.5 Å². The highest BCUT2D eigenvalue weighted by molar-refractivity contribution is 6.32. The van der Waals surface area contributed by atoms with E-state index < -0.39 is 11.9 Å². The molecule has 92 valence electrons. The molecule has 0 aliphatic heterocycles. The first-order valence-electron chi connectivity index (χ1n) is 6.00. The minimum atomic E-state index is -0.733. The van der Waals surface area contributed by atoms with Gasteiger partial charge in [0.25, 0.3) is 0 Å². The zero-order valence-corrected chi connectivity index (χ0v) is 10.4. The Morgan fingerprint density at radius 1 is 1.25 bits per heavy atom. The molecule has 1 fully saturated rings. The number of nitrogens with zero attached hydrogens (tertiary/aromatic N) is 1. The van der Waals surface area contributed by atoms with Crippen molar-refractivity contribution in [2.45, 2.75) is 45.6 Å². The fourth-order valence-electron chi connectivity index (χ4n) is 2.13. The van der Waals surface area contributed by atoms with Crippen LogP contribution in [0.1, 0.15) is 39.5 Å². The van der Waals surface area contributed by atoms with Crippen molar-refractivity contribution in [3.05, 3.63) is 0 Å². The van der Waals surface area contributed by atoms with Crippen molar-refractivity contribution >= 4 is 11.9 Å². The number of carbonyl (C=O) groups is 2. The predicted octanol–water partition coefficient (Wildman–Crippen LogP) is 1.59. The maximum absolute atomic E-state index is 11.7. The van der Waals surface area contributed by atoms with Crippen LogP contribution in [-0.2, 0) is 14.3 Å². The van der Waals surface area contributed by atoms with Crippen LogP contribution in [0.15, 0.2) is 0 Å². The molecule has 4 nitrogen and oxygen atoms in total. The van der Waals surface area contributed by atoms with Gasteiger partial charge in [0, 0.05) is 13.1 Å². The Balaban J connectivity index is 2.47. The smallest absolute Gasteiger partial charge is 0.397 e. The molecular formula is C12H21NO3. The molecule has 0 radical (unpaired) electrons. The molecule has 0 unspecified atom stereocenters. The molecule has 0 saturated heterocycles. The lowest BCUT2D eigenvalue weighted by molar-refractivity contribution is -0.160. The lowest BCUT2D eigenvalue weighted by Crippen LogP contribution is -2.43. The van der Waals surface area contributed by atoms with E-state index in [1.165, 1.54) is 0 Å². The Kier molecular flexibility index (Phi) is 4.77. The van der Waals surface area contributed by atoms with E-state index in [4.69, 9.17) is 4.74 Å². The third-order valence-electron chi connectivity index (χ3n) is 3.30. The molecule has 0 aromatic rings. The molecule has 1 aliphatic rings. The van der Waals surface area contributed by atoms with Crippen LogP contribution < -0.4 is 0 Å². The summed E-state index contributed by atoms with van der Waals surface area (Å²) in [5, 5.41) is 0. The summed E-state index contributed by atoms with van der Waals surface area (Å²) in [6, 6.07) is 0.202. The Hall–Kier alpha value is -1.06. The molecule has 0 N–H and O–H groups in total. The third kappa shape index (κ3) is 3.22. The van der Waals surface area contributed by atoms with Gasteiger partial charge in [-0.15, -0.1) is 0 Å². The van der Waals surface area contributed by atoms with Gasteiger partial charge in [-0.25, -0.2) is 4.79 Å². The maximum atomic E-state index is 11.7. The first-order valence-corrected chi connectivity index (χ1v) is 6.00. The van der Waals surface area contributed by atoms with E-state index in [9.17, 15) is 9.59 Å². The second kappa shape index (κ2) is 5.87. The van der Waals surface area contributed by atoms with E-state index in [0.717, 1.165) is 31.6 Å². The summed E-state index contributed by atoms with van der Waals surface area (Å²) in [6.07, 6.45) is 4.24. The maximum Gasteiger partial charge on any atom is 0.397 e. The molecule has 1 saturated carbocycles. The van der Waals surface area contributed by atoms with Crippen molar-refractivity contribution < 1.29 is 14.3 Å². The monoisotopic (exact) mass is 227 g/mol. The van der Waals surface area contributed by atoms with Crippen LogP contribution in [0.4, 0.5) is 0 Å². The topological polar surface area (TPSA) is 46.6 Å². The van der Waals surface area contributed by atoms with Crippen molar-refractivity contribution in [3.8, 4) is 0 Å². The summed E-state index contributed by atoms with van der Waals surface area (Å²) in [5.74, 6) is -0.507. The molecule has 1 amide bonds. The van der Waals surface area contributed by atoms with Gasteiger partial charge < -0.3 is 9.64 Å². The van der Waals surface area contributed by atoms with E-state index in [1.807, 2.05) is 0 Å². The van der Waals surface area contributed by atoms with E-state index in [0.29, 0.717) is 0 Å². The molecule has 4 heteroatoms. The average molecular weight is 227 g/mol. The van der Waals surface area contributed by atoms with E-state index in [2.05, 4.69) is 6.92 Å². The zero-order chi connectivity index (χ0) is 12.1. The number of likely N-dealkylation sites (N-methyl/N-ethyl adjacent to an activating group) is 1. The summed E-state index contributed by atoms with van der Waals surface area (Å²) in [5.41, 5.74) is 0. The normalized spacial score (nSPS) is 24.9. The number of hydrogen-bond donors (Lipinski definition) is 0. The highest BCUT2D eigenvalue weighted by Crippen LogP contribution is 2.26. The second-order valence-electron chi connectivity index (χ2n) is 4.55. The quantitative estimate of drug-likeness (QED) is 0.531. The number of carbonyl (C=O) groups excluding carboxylic acids is 2. The van der Waals surface area contributed by atoms with Gasteiger partial charge in [0.05, 0.1) is 6.61 Å². The van der Waals surface area contributed by atoms with Crippen LogP contribution in [0.3, 0.4) is 0 Å². The van der Waals surface area contributed by atoms with Gasteiger partial charge in [-0.3, -0.25) is 4.79 Å². The molecular weight excluding hydrogens is 206 g/mol. The zero-order valence-electron chi connectivity index (χ0n) is 10.4. The molecule has 0 spiro atoms. The van der Waals surface area contributed by atoms with Gasteiger partial charge in [-0.1, -0.05) is 6.92 Å². The summed E-state index contributed by atoms with van der Waals surface area (Å²) in [7, 11) is 1.69. The molecule has 1 aliphatic carbocycles. The van der Waals surface area contributed by atoms with Crippen molar-refractivity contribution in [1.82, 2.24) is 4.90 Å². The number of esters is 1. The SMILES string of the molecule is CCOC(=O)C(=O)N(C)C1CCC(C)CC1. The Morgan fingerprint density at radius 2 is 1.81 bits per heavy atom. The van der Waals surface area contributed by atoms with Crippen LogP contribution in [0.5, 0.6) is 0 Å². The van der Waals surface area contributed by atoms with Crippen LogP contribution in [0.25, 0.3) is 0 Å². The fourth-order valence-corrected chi connectivity index (χ4v) is 2.13. The molecule has 0 atom stereocenters.